The summed E-state index contributed by atoms with van der Waals surface area (Å²) < 4.78 is 9.02. The normalized spacial score (nSPS) is 9.69. The molecule has 0 radical (unpaired) electrons. The van der Waals surface area contributed by atoms with Crippen molar-refractivity contribution in [2.24, 2.45) is 0 Å². The molecule has 0 saturated carbocycles. The van der Waals surface area contributed by atoms with Crippen molar-refractivity contribution in [3.63, 3.8) is 0 Å². The molecule has 16 heavy (non-hydrogen) atoms. The maximum atomic E-state index is 11.3. The molecule has 2 N–H and O–H groups in total. The second-order valence-corrected chi connectivity index (χ2v) is 3.31. The van der Waals surface area contributed by atoms with Gasteiger partial charge < -0.3 is 15.2 Å². The number of carbonyl (C=O) groups excluding carboxylic acids is 2. The van der Waals surface area contributed by atoms with Crippen LogP contribution in [0.2, 0.25) is 5.02 Å². The number of benzene rings is 1. The lowest BCUT2D eigenvalue weighted by molar-refractivity contribution is 0.0600. The van der Waals surface area contributed by atoms with Crippen LogP contribution in [0.1, 0.15) is 20.7 Å². The van der Waals surface area contributed by atoms with Gasteiger partial charge in [0.2, 0.25) is 0 Å². The number of carbonyl (C=O) groups is 2. The molecule has 0 aromatic heterocycles. The zero-order valence-corrected chi connectivity index (χ0v) is 9.50. The molecule has 0 fully saturated rings. The van der Waals surface area contributed by atoms with Gasteiger partial charge in [-0.15, -0.1) is 0 Å². The monoisotopic (exact) mass is 243 g/mol. The number of methoxy groups -OCH3 is 2. The van der Waals surface area contributed by atoms with Gasteiger partial charge in [0.15, 0.2) is 0 Å². The van der Waals surface area contributed by atoms with Crippen LogP contribution in [0.4, 0.5) is 5.69 Å². The Labute approximate surface area is 97.1 Å². The first kappa shape index (κ1) is 12.3. The second-order valence-electron chi connectivity index (χ2n) is 2.90. The topological polar surface area (TPSA) is 78.6 Å². The standard InChI is InChI=1S/C10H10ClNO4/c1-15-9(13)5-3-6(10(14)16-2)8(12)4-7(5)11/h3-4H,12H2,1-2H3. The van der Waals surface area contributed by atoms with Crippen LogP contribution in [-0.2, 0) is 9.47 Å². The molecule has 0 spiro atoms. The summed E-state index contributed by atoms with van der Waals surface area (Å²) in [6, 6.07) is 2.55. The molecular formula is C10H10ClNO4. The van der Waals surface area contributed by atoms with Crippen LogP contribution in [-0.4, -0.2) is 26.2 Å². The van der Waals surface area contributed by atoms with Crippen LogP contribution in [0.5, 0.6) is 0 Å². The van der Waals surface area contributed by atoms with E-state index in [9.17, 15) is 9.59 Å². The third-order valence-electron chi connectivity index (χ3n) is 1.95. The Bertz CT molecular complexity index is 407. The molecule has 1 aromatic carbocycles. The molecule has 1 rings (SSSR count). The average Bonchev–Trinajstić information content (AvgIpc) is 2.27. The SMILES string of the molecule is COC(=O)c1cc(C(=O)OC)c(Cl)cc1N. The fourth-order valence-electron chi connectivity index (χ4n) is 1.14. The first-order valence-corrected chi connectivity index (χ1v) is 4.64. The van der Waals surface area contributed by atoms with E-state index in [0.29, 0.717) is 0 Å². The van der Waals surface area contributed by atoms with Crippen molar-refractivity contribution in [2.45, 2.75) is 0 Å². The summed E-state index contributed by atoms with van der Waals surface area (Å²) in [5.41, 5.74) is 5.86. The van der Waals surface area contributed by atoms with Crippen LogP contribution >= 0.6 is 11.6 Å². The summed E-state index contributed by atoms with van der Waals surface area (Å²) in [6.45, 7) is 0. The van der Waals surface area contributed by atoms with E-state index in [0.717, 1.165) is 0 Å². The van der Waals surface area contributed by atoms with Crippen LogP contribution in [0, 0.1) is 0 Å². The van der Waals surface area contributed by atoms with Gasteiger partial charge in [0.1, 0.15) is 0 Å². The summed E-state index contributed by atoms with van der Waals surface area (Å²) in [4.78, 5) is 22.6. The highest BCUT2D eigenvalue weighted by molar-refractivity contribution is 6.34. The molecular weight excluding hydrogens is 234 g/mol. The second kappa shape index (κ2) is 4.85. The highest BCUT2D eigenvalue weighted by Crippen LogP contribution is 2.24. The highest BCUT2D eigenvalue weighted by atomic mass is 35.5. The van der Waals surface area contributed by atoms with E-state index >= 15 is 0 Å². The first-order valence-electron chi connectivity index (χ1n) is 4.27. The van der Waals surface area contributed by atoms with Crippen molar-refractivity contribution in [3.8, 4) is 0 Å². The molecule has 0 unspecified atom stereocenters. The fourth-order valence-corrected chi connectivity index (χ4v) is 1.39. The van der Waals surface area contributed by atoms with E-state index < -0.39 is 11.9 Å². The van der Waals surface area contributed by atoms with Crippen molar-refractivity contribution in [1.82, 2.24) is 0 Å². The van der Waals surface area contributed by atoms with Crippen LogP contribution in [0.25, 0.3) is 0 Å². The van der Waals surface area contributed by atoms with Gasteiger partial charge in [-0.2, -0.15) is 0 Å². The minimum atomic E-state index is -0.643. The Morgan fingerprint density at radius 3 is 2.12 bits per heavy atom. The Balaban J connectivity index is 3.32. The van der Waals surface area contributed by atoms with E-state index in [4.69, 9.17) is 17.3 Å². The Morgan fingerprint density at radius 1 is 1.12 bits per heavy atom. The number of rotatable bonds is 2. The van der Waals surface area contributed by atoms with E-state index in [2.05, 4.69) is 9.47 Å². The van der Waals surface area contributed by atoms with Crippen molar-refractivity contribution >= 4 is 29.2 Å². The average molecular weight is 244 g/mol. The van der Waals surface area contributed by atoms with Gasteiger partial charge in [0.25, 0.3) is 0 Å². The highest BCUT2D eigenvalue weighted by Gasteiger charge is 2.18. The number of halogens is 1. The van der Waals surface area contributed by atoms with Crippen LogP contribution in [0.3, 0.4) is 0 Å². The summed E-state index contributed by atoms with van der Waals surface area (Å²) in [7, 11) is 2.43. The summed E-state index contributed by atoms with van der Waals surface area (Å²) >= 11 is 5.79. The molecule has 0 bridgehead atoms. The van der Waals surface area contributed by atoms with Gasteiger partial charge in [0.05, 0.1) is 30.4 Å². The lowest BCUT2D eigenvalue weighted by atomic mass is 10.1. The van der Waals surface area contributed by atoms with Gasteiger partial charge in [-0.1, -0.05) is 11.6 Å². The number of esters is 2. The number of ether oxygens (including phenoxy) is 2. The maximum absolute atomic E-state index is 11.3. The third kappa shape index (κ3) is 2.25. The van der Waals surface area contributed by atoms with E-state index in [1.165, 1.54) is 26.4 Å². The summed E-state index contributed by atoms with van der Waals surface area (Å²) in [6.07, 6.45) is 0. The molecule has 0 aliphatic rings. The van der Waals surface area contributed by atoms with Crippen LogP contribution in [0.15, 0.2) is 12.1 Å². The number of hydrogen-bond acceptors (Lipinski definition) is 5. The maximum Gasteiger partial charge on any atom is 0.339 e. The van der Waals surface area contributed by atoms with Crippen molar-refractivity contribution in [1.29, 1.82) is 0 Å². The number of anilines is 1. The van der Waals surface area contributed by atoms with Gasteiger partial charge in [-0.25, -0.2) is 9.59 Å². The summed E-state index contributed by atoms with van der Waals surface area (Å²) in [5, 5.41) is 0.122. The Hall–Kier alpha value is -1.75. The molecule has 86 valence electrons. The lowest BCUT2D eigenvalue weighted by Crippen LogP contribution is -2.10. The van der Waals surface area contributed by atoms with E-state index in [1.54, 1.807) is 0 Å². The largest absolute Gasteiger partial charge is 0.465 e. The molecule has 0 heterocycles. The lowest BCUT2D eigenvalue weighted by Gasteiger charge is -2.07. The Kier molecular flexibility index (Phi) is 3.73. The molecule has 0 aliphatic carbocycles. The predicted octanol–water partition coefficient (Wildman–Crippen LogP) is 1.50. The minimum absolute atomic E-state index is 0.0683. The predicted molar refractivity (Wildman–Crippen MR) is 58.5 cm³/mol. The molecule has 0 saturated heterocycles. The minimum Gasteiger partial charge on any atom is -0.465 e. The van der Waals surface area contributed by atoms with Gasteiger partial charge >= 0.3 is 11.9 Å². The van der Waals surface area contributed by atoms with Gasteiger partial charge in [0, 0.05) is 5.69 Å². The van der Waals surface area contributed by atoms with Crippen molar-refractivity contribution < 1.29 is 19.1 Å². The van der Waals surface area contributed by atoms with E-state index in [1.807, 2.05) is 0 Å². The molecule has 0 aliphatic heterocycles. The number of nitrogen functional groups attached to an aromatic ring is 1. The fraction of sp³-hybridized carbons (Fsp3) is 0.200. The zero-order chi connectivity index (χ0) is 12.3. The smallest absolute Gasteiger partial charge is 0.339 e. The van der Waals surface area contributed by atoms with Gasteiger partial charge in [-0.3, -0.25) is 0 Å². The molecule has 6 heteroatoms. The van der Waals surface area contributed by atoms with Crippen molar-refractivity contribution in [2.75, 3.05) is 20.0 Å². The van der Waals surface area contributed by atoms with Gasteiger partial charge in [-0.05, 0) is 12.1 Å². The molecule has 1 aromatic rings. The quantitative estimate of drug-likeness (QED) is 0.629. The third-order valence-corrected chi connectivity index (χ3v) is 2.26. The molecule has 0 atom stereocenters. The van der Waals surface area contributed by atoms with Crippen molar-refractivity contribution in [3.05, 3.63) is 28.3 Å². The first-order chi connectivity index (χ1) is 7.51. The van der Waals surface area contributed by atoms with E-state index in [-0.39, 0.29) is 21.8 Å². The molecule has 5 nitrogen and oxygen atoms in total. The zero-order valence-electron chi connectivity index (χ0n) is 8.74. The number of hydrogen-bond donors (Lipinski definition) is 1. The Morgan fingerprint density at radius 2 is 1.62 bits per heavy atom. The number of nitrogens with two attached hydrogens (primary N) is 1. The molecule has 0 amide bonds. The van der Waals surface area contributed by atoms with Crippen LogP contribution < -0.4 is 5.73 Å². The summed E-state index contributed by atoms with van der Waals surface area (Å²) in [5.74, 6) is -1.28.